The van der Waals surface area contributed by atoms with Crippen LogP contribution in [0, 0.1) is 11.7 Å². The van der Waals surface area contributed by atoms with Crippen LogP contribution in [0.25, 0.3) is 0 Å². The molecule has 6 heteroatoms. The van der Waals surface area contributed by atoms with Gasteiger partial charge in [0.05, 0.1) is 23.8 Å². The number of rotatable bonds is 5. The van der Waals surface area contributed by atoms with Gasteiger partial charge in [-0.25, -0.2) is 4.39 Å². The van der Waals surface area contributed by atoms with Gasteiger partial charge in [-0.15, -0.1) is 12.4 Å². The van der Waals surface area contributed by atoms with E-state index in [2.05, 4.69) is 0 Å². The van der Waals surface area contributed by atoms with E-state index in [0.717, 1.165) is 12.8 Å². The molecule has 2 rings (SSSR count). The molecule has 0 bridgehead atoms. The van der Waals surface area contributed by atoms with Crippen molar-refractivity contribution in [1.82, 2.24) is 0 Å². The zero-order valence-corrected chi connectivity index (χ0v) is 12.2. The Morgan fingerprint density at radius 1 is 1.53 bits per heavy atom. The minimum absolute atomic E-state index is 0. The quantitative estimate of drug-likeness (QED) is 0.879. The Hall–Kier alpha value is -0.550. The molecule has 0 aromatic heterocycles. The summed E-state index contributed by atoms with van der Waals surface area (Å²) >= 11 is 5.96. The average molecular weight is 310 g/mol. The van der Waals surface area contributed by atoms with E-state index in [4.69, 9.17) is 22.1 Å². The smallest absolute Gasteiger partial charge is 0.173 e. The highest BCUT2D eigenvalue weighted by Gasteiger charge is 2.34. The predicted octanol–water partition coefficient (Wildman–Crippen LogP) is 3.07. The van der Waals surface area contributed by atoms with E-state index in [1.807, 2.05) is 0 Å². The molecule has 0 radical (unpaired) electrons. The van der Waals surface area contributed by atoms with E-state index in [-0.39, 0.29) is 29.1 Å². The van der Waals surface area contributed by atoms with Gasteiger partial charge in [0.25, 0.3) is 0 Å². The lowest BCUT2D eigenvalue weighted by atomic mass is 9.99. The molecule has 1 fully saturated rings. The van der Waals surface area contributed by atoms with Crippen LogP contribution in [0.5, 0.6) is 5.75 Å². The second-order valence-corrected chi connectivity index (χ2v) is 5.01. The Morgan fingerprint density at radius 2 is 2.16 bits per heavy atom. The number of hydrogen-bond donors (Lipinski definition) is 2. The number of aliphatic hydroxyl groups is 1. The van der Waals surface area contributed by atoms with Crippen molar-refractivity contribution in [1.29, 1.82) is 0 Å². The standard InChI is InChI=1S/C13H17ClFNO2.ClH/c1-2-18-13-9(14)5-8(6-10(13)15)11(16)12(17)7-3-4-7;/h5-7,11-12,17H,2-4,16H2,1H3;1H/t11-,12+;/m1./s1. The molecule has 0 amide bonds. The summed E-state index contributed by atoms with van der Waals surface area (Å²) in [5.41, 5.74) is 6.43. The highest BCUT2D eigenvalue weighted by molar-refractivity contribution is 6.32. The maximum atomic E-state index is 13.8. The minimum Gasteiger partial charge on any atom is -0.489 e. The second-order valence-electron chi connectivity index (χ2n) is 4.60. The van der Waals surface area contributed by atoms with Gasteiger partial charge in [-0.05, 0) is 43.4 Å². The Labute approximate surface area is 123 Å². The van der Waals surface area contributed by atoms with Crippen molar-refractivity contribution in [2.75, 3.05) is 6.61 Å². The summed E-state index contributed by atoms with van der Waals surface area (Å²) in [6.07, 6.45) is 1.31. The Bertz CT molecular complexity index is 418. The molecule has 19 heavy (non-hydrogen) atoms. The van der Waals surface area contributed by atoms with Gasteiger partial charge in [0.2, 0.25) is 0 Å². The van der Waals surface area contributed by atoms with Crippen LogP contribution in [0.3, 0.4) is 0 Å². The normalized spacial score (nSPS) is 17.5. The maximum Gasteiger partial charge on any atom is 0.173 e. The second kappa shape index (κ2) is 6.75. The summed E-state index contributed by atoms with van der Waals surface area (Å²) in [7, 11) is 0. The summed E-state index contributed by atoms with van der Waals surface area (Å²) in [5.74, 6) is -0.276. The molecule has 3 nitrogen and oxygen atoms in total. The molecular formula is C13H18Cl2FNO2. The van der Waals surface area contributed by atoms with E-state index >= 15 is 0 Å². The van der Waals surface area contributed by atoms with Crippen LogP contribution in [-0.4, -0.2) is 17.8 Å². The van der Waals surface area contributed by atoms with Gasteiger partial charge in [0.15, 0.2) is 11.6 Å². The lowest BCUT2D eigenvalue weighted by Crippen LogP contribution is -2.28. The minimum atomic E-state index is -0.640. The third kappa shape index (κ3) is 3.72. The zero-order chi connectivity index (χ0) is 13.3. The van der Waals surface area contributed by atoms with Crippen molar-refractivity contribution in [3.63, 3.8) is 0 Å². The molecule has 1 aromatic carbocycles. The lowest BCUT2D eigenvalue weighted by Gasteiger charge is -2.20. The predicted molar refractivity (Wildman–Crippen MR) is 75.5 cm³/mol. The fourth-order valence-corrected chi connectivity index (χ4v) is 2.25. The molecule has 0 spiro atoms. The van der Waals surface area contributed by atoms with Crippen LogP contribution in [-0.2, 0) is 0 Å². The monoisotopic (exact) mass is 309 g/mol. The third-order valence-corrected chi connectivity index (χ3v) is 3.45. The Kier molecular flexibility index (Phi) is 5.86. The molecule has 1 aliphatic carbocycles. The van der Waals surface area contributed by atoms with Crippen LogP contribution >= 0.6 is 24.0 Å². The summed E-state index contributed by atoms with van der Waals surface area (Å²) in [6, 6.07) is 2.24. The topological polar surface area (TPSA) is 55.5 Å². The van der Waals surface area contributed by atoms with Crippen LogP contribution in [0.4, 0.5) is 4.39 Å². The van der Waals surface area contributed by atoms with Crippen LogP contribution in [0.2, 0.25) is 5.02 Å². The van der Waals surface area contributed by atoms with Crippen LogP contribution in [0.1, 0.15) is 31.4 Å². The van der Waals surface area contributed by atoms with Crippen LogP contribution in [0.15, 0.2) is 12.1 Å². The number of benzene rings is 1. The van der Waals surface area contributed by atoms with Crippen molar-refractivity contribution in [3.05, 3.63) is 28.5 Å². The molecule has 1 saturated carbocycles. The van der Waals surface area contributed by atoms with Gasteiger partial charge >= 0.3 is 0 Å². The molecule has 0 heterocycles. The highest BCUT2D eigenvalue weighted by atomic mass is 35.5. The number of nitrogens with two attached hydrogens (primary N) is 1. The van der Waals surface area contributed by atoms with E-state index in [0.29, 0.717) is 12.2 Å². The average Bonchev–Trinajstić information content (AvgIpc) is 3.15. The van der Waals surface area contributed by atoms with Gasteiger partial charge in [-0.1, -0.05) is 11.6 Å². The Balaban J connectivity index is 0.00000180. The van der Waals surface area contributed by atoms with Gasteiger partial charge in [0.1, 0.15) is 0 Å². The van der Waals surface area contributed by atoms with E-state index in [1.165, 1.54) is 6.07 Å². The summed E-state index contributed by atoms with van der Waals surface area (Å²) in [5, 5.41) is 10.1. The zero-order valence-electron chi connectivity index (χ0n) is 10.6. The highest BCUT2D eigenvalue weighted by Crippen LogP contribution is 2.39. The number of aliphatic hydroxyl groups excluding tert-OH is 1. The summed E-state index contributed by atoms with van der Waals surface area (Å²) < 4.78 is 18.9. The summed E-state index contributed by atoms with van der Waals surface area (Å²) in [4.78, 5) is 0. The molecule has 108 valence electrons. The number of hydrogen-bond acceptors (Lipinski definition) is 3. The number of ether oxygens (including phenoxy) is 1. The molecule has 1 aliphatic rings. The largest absolute Gasteiger partial charge is 0.489 e. The molecule has 2 atom stereocenters. The van der Waals surface area contributed by atoms with E-state index in [9.17, 15) is 9.50 Å². The fourth-order valence-electron chi connectivity index (χ4n) is 1.98. The molecule has 0 saturated heterocycles. The van der Waals surface area contributed by atoms with E-state index < -0.39 is 18.0 Å². The third-order valence-electron chi connectivity index (χ3n) is 3.17. The molecule has 1 aromatic rings. The van der Waals surface area contributed by atoms with Crippen LogP contribution < -0.4 is 10.5 Å². The number of halogens is 3. The molecule has 0 aliphatic heterocycles. The molecule has 3 N–H and O–H groups in total. The molecule has 0 unspecified atom stereocenters. The van der Waals surface area contributed by atoms with Gasteiger partial charge < -0.3 is 15.6 Å². The van der Waals surface area contributed by atoms with E-state index in [1.54, 1.807) is 13.0 Å². The van der Waals surface area contributed by atoms with Crippen molar-refractivity contribution in [2.45, 2.75) is 31.9 Å². The molecular weight excluding hydrogens is 292 g/mol. The first kappa shape index (κ1) is 16.5. The van der Waals surface area contributed by atoms with Gasteiger partial charge in [0, 0.05) is 0 Å². The fraction of sp³-hybridized carbons (Fsp3) is 0.538. The van der Waals surface area contributed by atoms with Gasteiger partial charge in [-0.2, -0.15) is 0 Å². The maximum absolute atomic E-state index is 13.8. The van der Waals surface area contributed by atoms with Crippen molar-refractivity contribution in [2.24, 2.45) is 11.7 Å². The Morgan fingerprint density at radius 3 is 2.63 bits per heavy atom. The van der Waals surface area contributed by atoms with Gasteiger partial charge in [-0.3, -0.25) is 0 Å². The summed E-state index contributed by atoms with van der Waals surface area (Å²) in [6.45, 7) is 2.10. The lowest BCUT2D eigenvalue weighted by molar-refractivity contribution is 0.122. The first-order valence-corrected chi connectivity index (χ1v) is 6.47. The van der Waals surface area contributed by atoms with Crippen molar-refractivity contribution >= 4 is 24.0 Å². The first-order valence-electron chi connectivity index (χ1n) is 6.10. The van der Waals surface area contributed by atoms with Crippen molar-refractivity contribution < 1.29 is 14.2 Å². The van der Waals surface area contributed by atoms with Crippen molar-refractivity contribution in [3.8, 4) is 5.75 Å². The first-order chi connectivity index (χ1) is 8.54. The SMILES string of the molecule is CCOc1c(F)cc([C@@H](N)[C@@H](O)C2CC2)cc1Cl.Cl.